The predicted molar refractivity (Wildman–Crippen MR) is 125 cm³/mol. The number of pyridine rings is 2. The van der Waals surface area contributed by atoms with Crippen LogP contribution in [0.25, 0.3) is 16.6 Å². The molecule has 35 heavy (non-hydrogen) atoms. The number of hydrogen-bond donors (Lipinski definition) is 2. The Kier molecular flexibility index (Phi) is 5.57. The lowest BCUT2D eigenvalue weighted by molar-refractivity contribution is -0.0122. The molecule has 6 heterocycles. The summed E-state index contributed by atoms with van der Waals surface area (Å²) in [5.41, 5.74) is 4.03. The molecule has 2 saturated heterocycles. The Bertz CT molecular complexity index is 1340. The minimum atomic E-state index is -2.70. The van der Waals surface area contributed by atoms with Gasteiger partial charge in [-0.15, -0.1) is 0 Å². The molecule has 182 valence electrons. The van der Waals surface area contributed by atoms with Crippen LogP contribution in [0.2, 0.25) is 0 Å². The van der Waals surface area contributed by atoms with Gasteiger partial charge in [-0.2, -0.15) is 19.0 Å². The fourth-order valence-corrected chi connectivity index (χ4v) is 4.87. The van der Waals surface area contributed by atoms with E-state index in [0.29, 0.717) is 41.5 Å². The smallest absolute Gasteiger partial charge is 0.333 e. The molecule has 2 bridgehead atoms. The first kappa shape index (κ1) is 21.9. The molecule has 2 N–H and O–H groups in total. The van der Waals surface area contributed by atoms with Crippen LogP contribution < -0.4 is 15.4 Å². The number of halogens is 2. The van der Waals surface area contributed by atoms with Crippen LogP contribution in [0.15, 0.2) is 49.1 Å². The zero-order valence-electron chi connectivity index (χ0n) is 19.1. The average Bonchev–Trinajstić information content (AvgIpc) is 3.47. The molecule has 2 unspecified atom stereocenters. The van der Waals surface area contributed by atoms with E-state index in [0.717, 1.165) is 40.9 Å². The first-order chi connectivity index (χ1) is 17.0. The van der Waals surface area contributed by atoms with Gasteiger partial charge < -0.3 is 20.1 Å². The number of nitrogens with one attached hydrogen (secondary N) is 2. The molecule has 0 aromatic carbocycles. The third-order valence-corrected chi connectivity index (χ3v) is 6.37. The normalized spacial score (nSPS) is 22.0. The van der Waals surface area contributed by atoms with E-state index in [1.54, 1.807) is 10.7 Å². The molecule has 0 radical (unpaired) electrons. The van der Waals surface area contributed by atoms with E-state index in [9.17, 15) is 8.78 Å². The molecule has 6 rings (SSSR count). The van der Waals surface area contributed by atoms with E-state index in [2.05, 4.69) is 25.8 Å². The van der Waals surface area contributed by atoms with Gasteiger partial charge in [0.05, 0.1) is 43.0 Å². The molecule has 11 heteroatoms. The number of aryl methyl sites for hydroxylation is 1. The first-order valence-electron chi connectivity index (χ1n) is 11.6. The van der Waals surface area contributed by atoms with Crippen molar-refractivity contribution in [2.24, 2.45) is 0 Å². The van der Waals surface area contributed by atoms with Crippen LogP contribution in [0.3, 0.4) is 0 Å². The van der Waals surface area contributed by atoms with E-state index in [1.165, 1.54) is 12.4 Å². The SMILES string of the molecule is Cc1cc(-c2cccn3nc(Nc4cnn(C(F)F)c4)cc23)c(OC2CC3COCC(C2)N3)cn1. The number of piperidine rings is 1. The van der Waals surface area contributed by atoms with Crippen LogP contribution in [-0.4, -0.2) is 55.8 Å². The number of hydrogen-bond acceptors (Lipinski definition) is 7. The summed E-state index contributed by atoms with van der Waals surface area (Å²) < 4.78 is 40.2. The number of nitrogens with zero attached hydrogens (tertiary/aromatic N) is 5. The Hall–Kier alpha value is -3.57. The number of rotatable bonds is 6. The fourth-order valence-electron chi connectivity index (χ4n) is 4.87. The maximum Gasteiger partial charge on any atom is 0.333 e. The van der Waals surface area contributed by atoms with Gasteiger partial charge in [-0.05, 0) is 19.1 Å². The molecule has 2 atom stereocenters. The summed E-state index contributed by atoms with van der Waals surface area (Å²) in [7, 11) is 0. The van der Waals surface area contributed by atoms with Crippen molar-refractivity contribution in [3.63, 3.8) is 0 Å². The van der Waals surface area contributed by atoms with Gasteiger partial charge in [0.25, 0.3) is 0 Å². The predicted octanol–water partition coefficient (Wildman–Crippen LogP) is 3.94. The molecule has 0 aliphatic carbocycles. The van der Waals surface area contributed by atoms with Crippen LogP contribution >= 0.6 is 0 Å². The van der Waals surface area contributed by atoms with E-state index in [4.69, 9.17) is 9.47 Å². The number of alkyl halides is 2. The molecule has 2 aliphatic heterocycles. The van der Waals surface area contributed by atoms with Gasteiger partial charge in [0.15, 0.2) is 5.82 Å². The number of anilines is 2. The Labute approximate surface area is 200 Å². The Balaban J connectivity index is 1.32. The summed E-state index contributed by atoms with van der Waals surface area (Å²) in [6.45, 7) is 0.662. The number of fused-ring (bicyclic) bond motifs is 3. The highest BCUT2D eigenvalue weighted by Gasteiger charge is 2.33. The van der Waals surface area contributed by atoms with Crippen molar-refractivity contribution in [3.05, 3.63) is 54.7 Å². The minimum absolute atomic E-state index is 0.0756. The van der Waals surface area contributed by atoms with Crippen LogP contribution in [0.1, 0.15) is 25.1 Å². The maximum absolute atomic E-state index is 12.9. The fraction of sp³-hybridized carbons (Fsp3) is 0.375. The van der Waals surface area contributed by atoms with Crippen LogP contribution in [0.5, 0.6) is 5.75 Å². The van der Waals surface area contributed by atoms with Crippen molar-refractivity contribution in [1.82, 2.24) is 29.7 Å². The molecule has 0 saturated carbocycles. The maximum atomic E-state index is 12.9. The standard InChI is InChI=1S/C24H25F2N7O2/c1-14-5-20(22(10-27-14)35-18-6-15-12-34-13-16(7-18)29-15)19-3-2-4-32-21(19)8-23(31-32)30-17-9-28-33(11-17)24(25)26/h2-5,8-11,15-16,18,24,29H,6-7,12-13H2,1H3,(H,30,31). The second-order valence-corrected chi connectivity index (χ2v) is 9.02. The van der Waals surface area contributed by atoms with Gasteiger partial charge in [-0.25, -0.2) is 9.20 Å². The highest BCUT2D eigenvalue weighted by molar-refractivity contribution is 5.85. The lowest BCUT2D eigenvalue weighted by Gasteiger charge is -2.40. The van der Waals surface area contributed by atoms with Gasteiger partial charge >= 0.3 is 6.55 Å². The number of morpholine rings is 1. The zero-order valence-corrected chi connectivity index (χ0v) is 19.1. The Morgan fingerprint density at radius 1 is 1.17 bits per heavy atom. The summed E-state index contributed by atoms with van der Waals surface area (Å²) in [5, 5.41) is 14.9. The van der Waals surface area contributed by atoms with Crippen molar-refractivity contribution in [3.8, 4) is 16.9 Å². The molecule has 0 amide bonds. The Morgan fingerprint density at radius 2 is 2.00 bits per heavy atom. The van der Waals surface area contributed by atoms with Crippen LogP contribution in [0, 0.1) is 6.92 Å². The summed E-state index contributed by atoms with van der Waals surface area (Å²) in [5.74, 6) is 1.24. The number of ether oxygens (including phenoxy) is 2. The van der Waals surface area contributed by atoms with Crippen LogP contribution in [-0.2, 0) is 4.74 Å². The molecule has 2 fully saturated rings. The molecule has 2 aliphatic rings. The van der Waals surface area contributed by atoms with Crippen molar-refractivity contribution < 1.29 is 18.3 Å². The van der Waals surface area contributed by atoms with Crippen LogP contribution in [0.4, 0.5) is 20.3 Å². The summed E-state index contributed by atoms with van der Waals surface area (Å²) in [4.78, 5) is 4.49. The van der Waals surface area contributed by atoms with E-state index in [-0.39, 0.29) is 6.10 Å². The highest BCUT2D eigenvalue weighted by Crippen LogP contribution is 2.36. The monoisotopic (exact) mass is 481 g/mol. The van der Waals surface area contributed by atoms with E-state index in [1.807, 2.05) is 37.4 Å². The largest absolute Gasteiger partial charge is 0.488 e. The topological polar surface area (TPSA) is 90.5 Å². The van der Waals surface area contributed by atoms with E-state index >= 15 is 0 Å². The highest BCUT2D eigenvalue weighted by atomic mass is 19.3. The second kappa shape index (κ2) is 8.90. The van der Waals surface area contributed by atoms with Crippen molar-refractivity contribution in [1.29, 1.82) is 0 Å². The molecular formula is C24H25F2N7O2. The quantitative estimate of drug-likeness (QED) is 0.431. The molecule has 0 spiro atoms. The summed E-state index contributed by atoms with van der Waals surface area (Å²) in [6, 6.07) is 8.43. The third kappa shape index (κ3) is 4.44. The average molecular weight is 482 g/mol. The van der Waals surface area contributed by atoms with Gasteiger partial charge in [0.2, 0.25) is 0 Å². The van der Waals surface area contributed by atoms with Crippen molar-refractivity contribution in [2.75, 3.05) is 18.5 Å². The molecule has 4 aromatic rings. The molecule has 9 nitrogen and oxygen atoms in total. The van der Waals surface area contributed by atoms with Gasteiger partial charge in [-0.3, -0.25) is 4.98 Å². The lowest BCUT2D eigenvalue weighted by atomic mass is 9.94. The van der Waals surface area contributed by atoms with Gasteiger partial charge in [0.1, 0.15) is 11.9 Å². The minimum Gasteiger partial charge on any atom is -0.488 e. The van der Waals surface area contributed by atoms with E-state index < -0.39 is 6.55 Å². The lowest BCUT2D eigenvalue weighted by Crippen LogP contribution is -2.56. The summed E-state index contributed by atoms with van der Waals surface area (Å²) >= 11 is 0. The van der Waals surface area contributed by atoms with Crippen molar-refractivity contribution >= 4 is 17.0 Å². The third-order valence-electron chi connectivity index (χ3n) is 6.37. The Morgan fingerprint density at radius 3 is 2.77 bits per heavy atom. The molecule has 4 aromatic heterocycles. The molecular weight excluding hydrogens is 456 g/mol. The zero-order chi connectivity index (χ0) is 23.9. The summed E-state index contributed by atoms with van der Waals surface area (Å²) in [6.07, 6.45) is 8.04. The second-order valence-electron chi connectivity index (χ2n) is 9.02. The van der Waals surface area contributed by atoms with Gasteiger partial charge in [-0.1, -0.05) is 6.07 Å². The van der Waals surface area contributed by atoms with Gasteiger partial charge in [0, 0.05) is 54.0 Å². The first-order valence-corrected chi connectivity index (χ1v) is 11.6. The number of aromatic nitrogens is 5. The van der Waals surface area contributed by atoms with Crippen molar-refractivity contribution in [2.45, 2.75) is 44.5 Å².